The Bertz CT molecular complexity index is 722. The summed E-state index contributed by atoms with van der Waals surface area (Å²) in [5.74, 6) is 0.650. The van der Waals surface area contributed by atoms with Crippen molar-refractivity contribution in [3.8, 4) is 5.75 Å². The fraction of sp³-hybridized carbons (Fsp3) is 0.400. The highest BCUT2D eigenvalue weighted by molar-refractivity contribution is 7.89. The van der Waals surface area contributed by atoms with E-state index in [0.29, 0.717) is 36.9 Å². The average molecular weight is 358 g/mol. The van der Waals surface area contributed by atoms with E-state index in [1.54, 1.807) is 23.0 Å². The SMILES string of the molecule is CCOc1ccc(S(=O)(=O)NCCCn2cc(Cl)c(C)n2)cc1. The Hall–Kier alpha value is -1.57. The van der Waals surface area contributed by atoms with Gasteiger partial charge in [-0.25, -0.2) is 13.1 Å². The van der Waals surface area contributed by atoms with Crippen LogP contribution >= 0.6 is 11.6 Å². The molecule has 23 heavy (non-hydrogen) atoms. The Labute approximate surface area is 141 Å². The lowest BCUT2D eigenvalue weighted by Gasteiger charge is -2.08. The number of nitrogens with zero attached hydrogens (tertiary/aromatic N) is 2. The summed E-state index contributed by atoms with van der Waals surface area (Å²) < 4.78 is 33.9. The molecule has 0 amide bonds. The van der Waals surface area contributed by atoms with Crippen LogP contribution in [0.25, 0.3) is 0 Å². The van der Waals surface area contributed by atoms with Crippen LogP contribution in [-0.2, 0) is 16.6 Å². The van der Waals surface area contributed by atoms with Crippen LogP contribution < -0.4 is 9.46 Å². The summed E-state index contributed by atoms with van der Waals surface area (Å²) >= 11 is 5.92. The zero-order valence-electron chi connectivity index (χ0n) is 13.1. The molecule has 2 rings (SSSR count). The third-order valence-electron chi connectivity index (χ3n) is 3.19. The Balaban J connectivity index is 1.86. The van der Waals surface area contributed by atoms with Gasteiger partial charge in [0.15, 0.2) is 0 Å². The molecule has 0 radical (unpaired) electrons. The Morgan fingerprint density at radius 2 is 2.00 bits per heavy atom. The van der Waals surface area contributed by atoms with Gasteiger partial charge in [-0.05, 0) is 44.5 Å². The fourth-order valence-corrected chi connectivity index (χ4v) is 3.25. The van der Waals surface area contributed by atoms with Crippen molar-refractivity contribution in [2.24, 2.45) is 0 Å². The summed E-state index contributed by atoms with van der Waals surface area (Å²) in [4.78, 5) is 0.221. The first-order valence-electron chi connectivity index (χ1n) is 7.34. The van der Waals surface area contributed by atoms with Gasteiger partial charge in [0.1, 0.15) is 5.75 Å². The number of rotatable bonds is 8. The number of halogens is 1. The number of hydrogen-bond acceptors (Lipinski definition) is 4. The topological polar surface area (TPSA) is 73.2 Å². The molecule has 0 unspecified atom stereocenters. The van der Waals surface area contributed by atoms with E-state index in [2.05, 4.69) is 9.82 Å². The molecular weight excluding hydrogens is 338 g/mol. The first-order chi connectivity index (χ1) is 10.9. The van der Waals surface area contributed by atoms with Crippen molar-refractivity contribution >= 4 is 21.6 Å². The van der Waals surface area contributed by atoms with E-state index < -0.39 is 10.0 Å². The van der Waals surface area contributed by atoms with Crippen LogP contribution in [0.3, 0.4) is 0 Å². The molecule has 1 aromatic heterocycles. The van der Waals surface area contributed by atoms with E-state index in [1.807, 2.05) is 13.8 Å². The number of aromatic nitrogens is 2. The number of sulfonamides is 1. The standard InChI is InChI=1S/C15H20ClN3O3S/c1-3-22-13-5-7-14(8-6-13)23(20,21)17-9-4-10-19-11-15(16)12(2)18-19/h5-8,11,17H,3-4,9-10H2,1-2H3. The summed E-state index contributed by atoms with van der Waals surface area (Å²) in [5, 5.41) is 4.83. The van der Waals surface area contributed by atoms with Crippen LogP contribution in [0.5, 0.6) is 5.75 Å². The highest BCUT2D eigenvalue weighted by atomic mass is 35.5. The van der Waals surface area contributed by atoms with Gasteiger partial charge in [-0.15, -0.1) is 0 Å². The minimum absolute atomic E-state index is 0.221. The molecule has 6 nitrogen and oxygen atoms in total. The van der Waals surface area contributed by atoms with Crippen LogP contribution in [-0.4, -0.2) is 31.3 Å². The molecule has 126 valence electrons. The largest absolute Gasteiger partial charge is 0.494 e. The summed E-state index contributed by atoms with van der Waals surface area (Å²) in [6, 6.07) is 6.35. The normalized spacial score (nSPS) is 11.6. The molecule has 1 heterocycles. The molecule has 0 aliphatic carbocycles. The van der Waals surface area contributed by atoms with Crippen LogP contribution in [0.2, 0.25) is 5.02 Å². The monoisotopic (exact) mass is 357 g/mol. The van der Waals surface area contributed by atoms with Crippen molar-refractivity contribution in [3.63, 3.8) is 0 Å². The van der Waals surface area contributed by atoms with Crippen LogP contribution in [0.4, 0.5) is 0 Å². The Morgan fingerprint density at radius 1 is 1.30 bits per heavy atom. The van der Waals surface area contributed by atoms with Crippen molar-refractivity contribution in [2.45, 2.75) is 31.7 Å². The summed E-state index contributed by atoms with van der Waals surface area (Å²) in [6.45, 7) is 5.17. The lowest BCUT2D eigenvalue weighted by Crippen LogP contribution is -2.25. The van der Waals surface area contributed by atoms with E-state index in [9.17, 15) is 8.42 Å². The summed E-state index contributed by atoms with van der Waals surface area (Å²) in [6.07, 6.45) is 2.35. The fourth-order valence-electron chi connectivity index (χ4n) is 2.02. The predicted octanol–water partition coefficient (Wildman–Crippen LogP) is 2.61. The Morgan fingerprint density at radius 3 is 2.57 bits per heavy atom. The molecule has 1 N–H and O–H groups in total. The van der Waals surface area contributed by atoms with E-state index >= 15 is 0 Å². The maximum Gasteiger partial charge on any atom is 0.240 e. The van der Waals surface area contributed by atoms with Crippen molar-refractivity contribution in [1.29, 1.82) is 0 Å². The van der Waals surface area contributed by atoms with Gasteiger partial charge in [0.05, 0.1) is 22.2 Å². The van der Waals surface area contributed by atoms with Gasteiger partial charge in [-0.1, -0.05) is 11.6 Å². The van der Waals surface area contributed by atoms with Gasteiger partial charge in [-0.3, -0.25) is 4.68 Å². The van der Waals surface area contributed by atoms with Gasteiger partial charge in [0, 0.05) is 19.3 Å². The molecule has 0 fully saturated rings. The molecule has 0 atom stereocenters. The molecule has 2 aromatic rings. The number of ether oxygens (including phenoxy) is 1. The van der Waals surface area contributed by atoms with Crippen LogP contribution in [0.1, 0.15) is 19.0 Å². The number of aryl methyl sites for hydroxylation is 2. The summed E-state index contributed by atoms with van der Waals surface area (Å²) in [7, 11) is -3.51. The zero-order chi connectivity index (χ0) is 16.9. The molecule has 0 saturated heterocycles. The number of nitrogens with one attached hydrogen (secondary N) is 1. The second kappa shape index (κ2) is 7.81. The van der Waals surface area contributed by atoms with Crippen molar-refractivity contribution in [1.82, 2.24) is 14.5 Å². The second-order valence-electron chi connectivity index (χ2n) is 4.98. The number of benzene rings is 1. The van der Waals surface area contributed by atoms with Crippen molar-refractivity contribution in [3.05, 3.63) is 41.2 Å². The highest BCUT2D eigenvalue weighted by Gasteiger charge is 2.13. The maximum absolute atomic E-state index is 12.2. The zero-order valence-corrected chi connectivity index (χ0v) is 14.7. The first-order valence-corrected chi connectivity index (χ1v) is 9.20. The van der Waals surface area contributed by atoms with Gasteiger partial charge in [0.25, 0.3) is 0 Å². The van der Waals surface area contributed by atoms with Crippen LogP contribution in [0.15, 0.2) is 35.4 Å². The number of hydrogen-bond donors (Lipinski definition) is 1. The van der Waals surface area contributed by atoms with Crippen LogP contribution in [0, 0.1) is 6.92 Å². The molecule has 1 aromatic carbocycles. The molecule has 0 aliphatic rings. The minimum atomic E-state index is -3.51. The minimum Gasteiger partial charge on any atom is -0.494 e. The van der Waals surface area contributed by atoms with E-state index in [-0.39, 0.29) is 4.90 Å². The van der Waals surface area contributed by atoms with E-state index in [1.165, 1.54) is 12.1 Å². The van der Waals surface area contributed by atoms with Crippen molar-refractivity contribution < 1.29 is 13.2 Å². The first kappa shape index (κ1) is 17.8. The maximum atomic E-state index is 12.2. The van der Waals surface area contributed by atoms with Gasteiger partial charge < -0.3 is 4.74 Å². The molecular formula is C15H20ClN3O3S. The van der Waals surface area contributed by atoms with Gasteiger partial charge >= 0.3 is 0 Å². The van der Waals surface area contributed by atoms with Gasteiger partial charge in [-0.2, -0.15) is 5.10 Å². The highest BCUT2D eigenvalue weighted by Crippen LogP contribution is 2.16. The summed E-state index contributed by atoms with van der Waals surface area (Å²) in [5.41, 5.74) is 0.765. The smallest absolute Gasteiger partial charge is 0.240 e. The molecule has 0 spiro atoms. The second-order valence-corrected chi connectivity index (χ2v) is 7.16. The molecule has 8 heteroatoms. The third-order valence-corrected chi connectivity index (χ3v) is 5.04. The molecule has 0 bridgehead atoms. The quantitative estimate of drug-likeness (QED) is 0.737. The predicted molar refractivity (Wildman–Crippen MR) is 89.4 cm³/mol. The van der Waals surface area contributed by atoms with E-state index in [0.717, 1.165) is 5.69 Å². The lowest BCUT2D eigenvalue weighted by molar-refractivity contribution is 0.340. The van der Waals surface area contributed by atoms with Crippen molar-refractivity contribution in [2.75, 3.05) is 13.2 Å². The third kappa shape index (κ3) is 4.95. The Kier molecular flexibility index (Phi) is 6.04. The lowest BCUT2D eigenvalue weighted by atomic mass is 10.3. The molecule has 0 aliphatic heterocycles. The van der Waals surface area contributed by atoms with E-state index in [4.69, 9.17) is 16.3 Å². The average Bonchev–Trinajstić information content (AvgIpc) is 2.83. The molecule has 0 saturated carbocycles. The van der Waals surface area contributed by atoms with Gasteiger partial charge in [0.2, 0.25) is 10.0 Å².